The quantitative estimate of drug-likeness (QED) is 0.343. The van der Waals surface area contributed by atoms with Crippen molar-refractivity contribution >= 4 is 15.8 Å². The molecule has 6 heteroatoms. The highest BCUT2D eigenvalue weighted by Crippen LogP contribution is 2.17. The lowest BCUT2D eigenvalue weighted by atomic mass is 10.1. The van der Waals surface area contributed by atoms with Crippen LogP contribution >= 0.6 is 0 Å². The summed E-state index contributed by atoms with van der Waals surface area (Å²) >= 11 is 0. The molecule has 1 atom stereocenters. The van der Waals surface area contributed by atoms with E-state index in [-0.39, 0.29) is 5.92 Å². The Bertz CT molecular complexity index is 435. The highest BCUT2D eigenvalue weighted by atomic mass is 32.2. The van der Waals surface area contributed by atoms with Crippen molar-refractivity contribution in [1.82, 2.24) is 10.6 Å². The fraction of sp³-hybridized carbons (Fsp3) is 0.941. The average molecular weight is 346 g/mol. The molecule has 1 aliphatic rings. The number of unbranched alkanes of at least 4 members (excludes halogenated alkanes) is 7. The number of aliphatic imine (C=N–C) groups is 1. The van der Waals surface area contributed by atoms with Gasteiger partial charge >= 0.3 is 0 Å². The zero-order valence-electron chi connectivity index (χ0n) is 14.9. The predicted octanol–water partition coefficient (Wildman–Crippen LogP) is 2.73. The molecule has 1 unspecified atom stereocenters. The first-order valence-electron chi connectivity index (χ1n) is 9.22. The molecule has 0 spiro atoms. The Kier molecular flexibility index (Phi) is 10.3. The number of sulfone groups is 1. The SMILES string of the molecule is CCCCCCCCCCNC(=NC)NCC1CCS(=O)(=O)C1. The summed E-state index contributed by atoms with van der Waals surface area (Å²) in [6.45, 7) is 3.87. The van der Waals surface area contributed by atoms with E-state index in [2.05, 4.69) is 22.5 Å². The summed E-state index contributed by atoms with van der Waals surface area (Å²) in [5, 5.41) is 6.56. The molecule has 0 aromatic rings. The van der Waals surface area contributed by atoms with Gasteiger partial charge in [0.1, 0.15) is 0 Å². The molecule has 0 bridgehead atoms. The van der Waals surface area contributed by atoms with Gasteiger partial charge < -0.3 is 10.6 Å². The fourth-order valence-corrected chi connectivity index (χ4v) is 4.82. The maximum absolute atomic E-state index is 11.4. The Morgan fingerprint density at radius 2 is 1.70 bits per heavy atom. The molecule has 1 saturated heterocycles. The van der Waals surface area contributed by atoms with Crippen molar-refractivity contribution < 1.29 is 8.42 Å². The molecule has 1 rings (SSSR count). The topological polar surface area (TPSA) is 70.6 Å². The second kappa shape index (κ2) is 11.7. The van der Waals surface area contributed by atoms with Crippen LogP contribution in [0, 0.1) is 5.92 Å². The van der Waals surface area contributed by atoms with Crippen molar-refractivity contribution in [2.45, 2.75) is 64.7 Å². The Morgan fingerprint density at radius 1 is 1.04 bits per heavy atom. The summed E-state index contributed by atoms with van der Waals surface area (Å²) in [6, 6.07) is 0. The third-order valence-electron chi connectivity index (χ3n) is 4.43. The average Bonchev–Trinajstić information content (AvgIpc) is 2.88. The Hall–Kier alpha value is -0.780. The third-order valence-corrected chi connectivity index (χ3v) is 6.27. The first-order valence-corrected chi connectivity index (χ1v) is 11.0. The lowest BCUT2D eigenvalue weighted by Gasteiger charge is -2.14. The number of rotatable bonds is 11. The van der Waals surface area contributed by atoms with E-state index in [9.17, 15) is 8.42 Å². The number of hydrogen-bond acceptors (Lipinski definition) is 3. The van der Waals surface area contributed by atoms with Crippen LogP contribution in [0.25, 0.3) is 0 Å². The molecular formula is C17H35N3O2S. The van der Waals surface area contributed by atoms with Crippen LogP contribution in [-0.2, 0) is 9.84 Å². The number of guanidine groups is 1. The zero-order valence-corrected chi connectivity index (χ0v) is 15.8. The summed E-state index contributed by atoms with van der Waals surface area (Å²) in [6.07, 6.45) is 11.3. The minimum absolute atomic E-state index is 0.224. The highest BCUT2D eigenvalue weighted by Gasteiger charge is 2.27. The van der Waals surface area contributed by atoms with Crippen LogP contribution in [-0.4, -0.2) is 46.0 Å². The van der Waals surface area contributed by atoms with Crippen LogP contribution in [0.3, 0.4) is 0 Å². The number of hydrogen-bond donors (Lipinski definition) is 2. The van der Waals surface area contributed by atoms with Crippen LogP contribution in [0.4, 0.5) is 0 Å². The highest BCUT2D eigenvalue weighted by molar-refractivity contribution is 7.91. The Labute approximate surface area is 142 Å². The second-order valence-electron chi connectivity index (χ2n) is 6.62. The molecular weight excluding hydrogens is 310 g/mol. The van der Waals surface area contributed by atoms with Gasteiger partial charge in [-0.15, -0.1) is 0 Å². The Morgan fingerprint density at radius 3 is 2.26 bits per heavy atom. The van der Waals surface area contributed by atoms with E-state index in [0.717, 1.165) is 25.3 Å². The lowest BCUT2D eigenvalue weighted by molar-refractivity contribution is 0.558. The van der Waals surface area contributed by atoms with Crippen LogP contribution in [0.1, 0.15) is 64.7 Å². The minimum Gasteiger partial charge on any atom is -0.356 e. The van der Waals surface area contributed by atoms with E-state index in [1.165, 1.54) is 44.9 Å². The predicted molar refractivity (Wildman–Crippen MR) is 98.7 cm³/mol. The monoisotopic (exact) mass is 345 g/mol. The van der Waals surface area contributed by atoms with Gasteiger partial charge in [-0.1, -0.05) is 51.9 Å². The molecule has 0 aliphatic carbocycles. The third kappa shape index (κ3) is 9.84. The van der Waals surface area contributed by atoms with Crippen molar-refractivity contribution in [3.63, 3.8) is 0 Å². The first kappa shape index (κ1) is 20.3. The van der Waals surface area contributed by atoms with Gasteiger partial charge in [-0.05, 0) is 18.8 Å². The van der Waals surface area contributed by atoms with Crippen molar-refractivity contribution in [3.8, 4) is 0 Å². The summed E-state index contributed by atoms with van der Waals surface area (Å²) in [7, 11) is -1.03. The van der Waals surface area contributed by atoms with Gasteiger partial charge in [0, 0.05) is 20.1 Å². The maximum Gasteiger partial charge on any atom is 0.190 e. The van der Waals surface area contributed by atoms with Gasteiger partial charge in [0.2, 0.25) is 0 Å². The van der Waals surface area contributed by atoms with Gasteiger partial charge in [-0.25, -0.2) is 8.42 Å². The van der Waals surface area contributed by atoms with E-state index in [1.54, 1.807) is 7.05 Å². The molecule has 0 aromatic heterocycles. The van der Waals surface area contributed by atoms with E-state index < -0.39 is 9.84 Å². The van der Waals surface area contributed by atoms with Crippen LogP contribution in [0.15, 0.2) is 4.99 Å². The van der Waals surface area contributed by atoms with Gasteiger partial charge in [0.05, 0.1) is 11.5 Å². The molecule has 0 amide bonds. The van der Waals surface area contributed by atoms with E-state index in [0.29, 0.717) is 18.1 Å². The van der Waals surface area contributed by atoms with Crippen LogP contribution < -0.4 is 10.6 Å². The normalized spacial score (nSPS) is 20.6. The van der Waals surface area contributed by atoms with E-state index in [1.807, 2.05) is 0 Å². The number of nitrogens with zero attached hydrogens (tertiary/aromatic N) is 1. The molecule has 0 aromatic carbocycles. The summed E-state index contributed by atoms with van der Waals surface area (Å²) in [4.78, 5) is 4.20. The number of nitrogens with one attached hydrogen (secondary N) is 2. The molecule has 23 heavy (non-hydrogen) atoms. The van der Waals surface area contributed by atoms with Crippen molar-refractivity contribution in [3.05, 3.63) is 0 Å². The smallest absolute Gasteiger partial charge is 0.190 e. The molecule has 2 N–H and O–H groups in total. The van der Waals surface area contributed by atoms with Crippen molar-refractivity contribution in [2.75, 3.05) is 31.6 Å². The first-order chi connectivity index (χ1) is 11.1. The molecule has 136 valence electrons. The van der Waals surface area contributed by atoms with Crippen LogP contribution in [0.2, 0.25) is 0 Å². The standard InChI is InChI=1S/C17H35N3O2S/c1-3-4-5-6-7-8-9-10-12-19-17(18-2)20-14-16-11-13-23(21,22)15-16/h16H,3-15H2,1-2H3,(H2,18,19,20). The van der Waals surface area contributed by atoms with Gasteiger partial charge in [-0.3, -0.25) is 4.99 Å². The van der Waals surface area contributed by atoms with Gasteiger partial charge in [0.15, 0.2) is 15.8 Å². The minimum atomic E-state index is -2.79. The van der Waals surface area contributed by atoms with Gasteiger partial charge in [-0.2, -0.15) is 0 Å². The van der Waals surface area contributed by atoms with Gasteiger partial charge in [0.25, 0.3) is 0 Å². The van der Waals surface area contributed by atoms with Crippen molar-refractivity contribution in [2.24, 2.45) is 10.9 Å². The molecule has 1 heterocycles. The molecule has 1 aliphatic heterocycles. The summed E-state index contributed by atoms with van der Waals surface area (Å²) < 4.78 is 22.9. The summed E-state index contributed by atoms with van der Waals surface area (Å²) in [5.74, 6) is 1.66. The second-order valence-corrected chi connectivity index (χ2v) is 8.85. The molecule has 1 fully saturated rings. The molecule has 5 nitrogen and oxygen atoms in total. The van der Waals surface area contributed by atoms with E-state index >= 15 is 0 Å². The van der Waals surface area contributed by atoms with Crippen LogP contribution in [0.5, 0.6) is 0 Å². The fourth-order valence-electron chi connectivity index (χ4n) is 2.96. The zero-order chi connectivity index (χ0) is 17.0. The Balaban J connectivity index is 2.00. The molecule has 0 radical (unpaired) electrons. The van der Waals surface area contributed by atoms with E-state index in [4.69, 9.17) is 0 Å². The lowest BCUT2D eigenvalue weighted by Crippen LogP contribution is -2.40. The molecule has 0 saturated carbocycles. The summed E-state index contributed by atoms with van der Waals surface area (Å²) in [5.41, 5.74) is 0. The largest absolute Gasteiger partial charge is 0.356 e. The maximum atomic E-state index is 11.4. The van der Waals surface area contributed by atoms with Crippen molar-refractivity contribution in [1.29, 1.82) is 0 Å².